The first-order valence-corrected chi connectivity index (χ1v) is 8.27. The molecular weight excluding hydrogens is 325 g/mol. The van der Waals surface area contributed by atoms with E-state index < -0.39 is 17.0 Å². The van der Waals surface area contributed by atoms with E-state index in [0.717, 1.165) is 5.56 Å². The summed E-state index contributed by atoms with van der Waals surface area (Å²) >= 11 is 0. The summed E-state index contributed by atoms with van der Waals surface area (Å²) in [5.41, 5.74) is -1.47. The Kier molecular flexibility index (Phi) is 4.60. The molecule has 0 aliphatic heterocycles. The molecule has 1 aromatic carbocycles. The first kappa shape index (κ1) is 17.5. The maximum Gasteiger partial charge on any atom is 0.314 e. The highest BCUT2D eigenvalue weighted by Crippen LogP contribution is 2.52. The van der Waals surface area contributed by atoms with Gasteiger partial charge in [-0.2, -0.15) is 5.10 Å². The van der Waals surface area contributed by atoms with Crippen molar-refractivity contribution in [1.29, 1.82) is 0 Å². The molecule has 1 aliphatic rings. The Morgan fingerprint density at radius 1 is 1.44 bits per heavy atom. The number of carbonyl (C=O) groups is 1. The molecule has 25 heavy (non-hydrogen) atoms. The smallest absolute Gasteiger partial charge is 0.314 e. The third kappa shape index (κ3) is 3.04. The van der Waals surface area contributed by atoms with Crippen molar-refractivity contribution in [1.82, 2.24) is 14.8 Å². The van der Waals surface area contributed by atoms with Crippen molar-refractivity contribution in [3.63, 3.8) is 0 Å². The largest absolute Gasteiger partial charge is 0.469 e. The number of aromatic nitrogens is 3. The Morgan fingerprint density at radius 2 is 2.16 bits per heavy atom. The van der Waals surface area contributed by atoms with Gasteiger partial charge in [-0.1, -0.05) is 12.1 Å². The lowest BCUT2D eigenvalue weighted by Crippen LogP contribution is -2.54. The molecular formula is C18H22FN3O3. The van der Waals surface area contributed by atoms with Crippen molar-refractivity contribution in [3.05, 3.63) is 48.3 Å². The van der Waals surface area contributed by atoms with Crippen LogP contribution in [0.5, 0.6) is 0 Å². The number of hydrogen-bond acceptors (Lipinski definition) is 5. The minimum atomic E-state index is -1.35. The summed E-state index contributed by atoms with van der Waals surface area (Å²) in [6, 6.07) is 6.22. The second kappa shape index (κ2) is 6.55. The predicted molar refractivity (Wildman–Crippen MR) is 87.9 cm³/mol. The summed E-state index contributed by atoms with van der Waals surface area (Å²) in [6.07, 6.45) is 4.62. The molecule has 1 saturated carbocycles. The van der Waals surface area contributed by atoms with Crippen LogP contribution in [0.1, 0.15) is 25.3 Å². The highest BCUT2D eigenvalue weighted by atomic mass is 19.1. The fraction of sp³-hybridized carbons (Fsp3) is 0.500. The molecule has 1 N–H and O–H groups in total. The third-order valence-corrected chi connectivity index (χ3v) is 5.52. The van der Waals surface area contributed by atoms with Crippen molar-refractivity contribution in [3.8, 4) is 0 Å². The highest BCUT2D eigenvalue weighted by molar-refractivity contribution is 5.78. The molecule has 0 spiro atoms. The van der Waals surface area contributed by atoms with Crippen molar-refractivity contribution >= 4 is 5.97 Å². The summed E-state index contributed by atoms with van der Waals surface area (Å²) in [6.45, 7) is 1.88. The van der Waals surface area contributed by atoms with Gasteiger partial charge in [0, 0.05) is 0 Å². The van der Waals surface area contributed by atoms with E-state index in [0.29, 0.717) is 19.3 Å². The molecule has 1 heterocycles. The number of benzene rings is 1. The van der Waals surface area contributed by atoms with Gasteiger partial charge in [0.15, 0.2) is 0 Å². The molecule has 7 heteroatoms. The lowest BCUT2D eigenvalue weighted by molar-refractivity contribution is -0.173. The molecule has 0 unspecified atom stereocenters. The van der Waals surface area contributed by atoms with E-state index >= 15 is 0 Å². The summed E-state index contributed by atoms with van der Waals surface area (Å²) in [5.74, 6) is -0.921. The average Bonchev–Trinajstić information content (AvgIpc) is 3.19. The van der Waals surface area contributed by atoms with Gasteiger partial charge in [0.25, 0.3) is 0 Å². The lowest BCUT2D eigenvalue weighted by Gasteiger charge is -2.40. The quantitative estimate of drug-likeness (QED) is 0.837. The maximum absolute atomic E-state index is 13.1. The monoisotopic (exact) mass is 347 g/mol. The summed E-state index contributed by atoms with van der Waals surface area (Å²) < 4.78 is 19.7. The van der Waals surface area contributed by atoms with Crippen LogP contribution < -0.4 is 0 Å². The van der Waals surface area contributed by atoms with Crippen molar-refractivity contribution < 1.29 is 19.0 Å². The summed E-state index contributed by atoms with van der Waals surface area (Å²) in [5, 5.41) is 15.7. The number of esters is 1. The van der Waals surface area contributed by atoms with E-state index in [9.17, 15) is 14.3 Å². The Bertz CT molecular complexity index is 735. The third-order valence-electron chi connectivity index (χ3n) is 5.52. The van der Waals surface area contributed by atoms with Gasteiger partial charge >= 0.3 is 5.97 Å². The summed E-state index contributed by atoms with van der Waals surface area (Å²) in [4.78, 5) is 16.4. The molecule has 1 aromatic heterocycles. The van der Waals surface area contributed by atoms with Crippen LogP contribution in [0.15, 0.2) is 36.9 Å². The van der Waals surface area contributed by atoms with Crippen molar-refractivity contribution in [2.24, 2.45) is 11.3 Å². The van der Waals surface area contributed by atoms with Gasteiger partial charge in [0.05, 0.1) is 19.1 Å². The van der Waals surface area contributed by atoms with Crippen molar-refractivity contribution in [2.45, 2.75) is 38.3 Å². The molecule has 3 rings (SSSR count). The number of rotatable bonds is 5. The van der Waals surface area contributed by atoms with Gasteiger partial charge in [-0.25, -0.2) is 9.37 Å². The average molecular weight is 347 g/mol. The van der Waals surface area contributed by atoms with Gasteiger partial charge in [0.2, 0.25) is 0 Å². The Hall–Kier alpha value is -2.28. The molecule has 1 aliphatic carbocycles. The van der Waals surface area contributed by atoms with Crippen LogP contribution in [-0.2, 0) is 22.5 Å². The number of nitrogens with zero attached hydrogens (tertiary/aromatic N) is 3. The highest BCUT2D eigenvalue weighted by Gasteiger charge is 2.61. The molecule has 3 atom stereocenters. The fourth-order valence-corrected chi connectivity index (χ4v) is 3.91. The molecule has 6 nitrogen and oxygen atoms in total. The van der Waals surface area contributed by atoms with Crippen LogP contribution in [-0.4, -0.2) is 38.6 Å². The number of halogens is 1. The van der Waals surface area contributed by atoms with Gasteiger partial charge in [0.1, 0.15) is 24.1 Å². The standard InChI is InChI=1S/C18H22FN3O3/c1-17(16(23)25-2)8-7-14(9-13-3-5-15(19)6-4-13)18(17,24)10-22-12-20-11-21-22/h3-6,11-12,14,24H,7-10H2,1-2H3/t14-,17-,18+/m0/s1. The van der Waals surface area contributed by atoms with Crippen LogP contribution >= 0.6 is 0 Å². The van der Waals surface area contributed by atoms with Gasteiger partial charge in [-0.05, 0) is 49.8 Å². The number of ether oxygens (including phenoxy) is 1. The SMILES string of the molecule is COC(=O)[C@]1(C)CC[C@@H](Cc2ccc(F)cc2)[C@]1(O)Cn1cncn1. The zero-order valence-corrected chi connectivity index (χ0v) is 14.4. The zero-order valence-electron chi connectivity index (χ0n) is 14.4. The zero-order chi connectivity index (χ0) is 18.1. The van der Waals surface area contributed by atoms with Gasteiger partial charge in [-0.3, -0.25) is 9.48 Å². The van der Waals surface area contributed by atoms with Crippen molar-refractivity contribution in [2.75, 3.05) is 7.11 Å². The minimum absolute atomic E-state index is 0.143. The Balaban J connectivity index is 1.93. The summed E-state index contributed by atoms with van der Waals surface area (Å²) in [7, 11) is 1.33. The van der Waals surface area contributed by atoms with E-state index in [4.69, 9.17) is 4.74 Å². The van der Waals surface area contributed by atoms with Crippen LogP contribution in [0, 0.1) is 17.2 Å². The van der Waals surface area contributed by atoms with Gasteiger partial charge in [-0.15, -0.1) is 0 Å². The van der Waals surface area contributed by atoms with E-state index in [2.05, 4.69) is 10.1 Å². The van der Waals surface area contributed by atoms with E-state index in [1.54, 1.807) is 19.1 Å². The molecule has 0 saturated heterocycles. The molecule has 0 amide bonds. The fourth-order valence-electron chi connectivity index (χ4n) is 3.91. The number of hydrogen-bond donors (Lipinski definition) is 1. The minimum Gasteiger partial charge on any atom is -0.469 e. The predicted octanol–water partition coefficient (Wildman–Crippen LogP) is 1.98. The topological polar surface area (TPSA) is 77.2 Å². The molecule has 134 valence electrons. The molecule has 1 fully saturated rings. The Labute approximate surface area is 145 Å². The second-order valence-corrected chi connectivity index (χ2v) is 6.91. The maximum atomic E-state index is 13.1. The van der Waals surface area contributed by atoms with E-state index in [1.807, 2.05) is 0 Å². The van der Waals surface area contributed by atoms with Crippen LogP contribution in [0.25, 0.3) is 0 Å². The lowest BCUT2D eigenvalue weighted by atomic mass is 9.71. The normalized spacial score (nSPS) is 28.9. The number of carbonyl (C=O) groups excluding carboxylic acids is 1. The second-order valence-electron chi connectivity index (χ2n) is 6.91. The first-order chi connectivity index (χ1) is 11.9. The molecule has 0 bridgehead atoms. The number of methoxy groups -OCH3 is 1. The molecule has 2 aromatic rings. The van der Waals surface area contributed by atoms with Crippen LogP contribution in [0.2, 0.25) is 0 Å². The first-order valence-electron chi connectivity index (χ1n) is 8.27. The van der Waals surface area contributed by atoms with E-state index in [1.165, 1.54) is 36.6 Å². The molecule has 0 radical (unpaired) electrons. The van der Waals surface area contributed by atoms with E-state index in [-0.39, 0.29) is 18.3 Å². The van der Waals surface area contributed by atoms with Gasteiger partial charge < -0.3 is 9.84 Å². The van der Waals surface area contributed by atoms with Crippen LogP contribution in [0.3, 0.4) is 0 Å². The Morgan fingerprint density at radius 3 is 2.76 bits per heavy atom. The van der Waals surface area contributed by atoms with Crippen LogP contribution in [0.4, 0.5) is 4.39 Å². The number of aliphatic hydroxyl groups is 1.